The quantitative estimate of drug-likeness (QED) is 0.764. The van der Waals surface area contributed by atoms with Crippen molar-refractivity contribution in [2.45, 2.75) is 11.6 Å². The van der Waals surface area contributed by atoms with Crippen LogP contribution in [-0.4, -0.2) is 40.8 Å². The molecule has 0 fully saturated rings. The van der Waals surface area contributed by atoms with Gasteiger partial charge in [-0.2, -0.15) is 0 Å². The Balaban J connectivity index is 1.99. The van der Waals surface area contributed by atoms with Gasteiger partial charge in [0, 0.05) is 42.7 Å². The van der Waals surface area contributed by atoms with E-state index in [1.165, 1.54) is 11.3 Å². The first kappa shape index (κ1) is 15.4. The van der Waals surface area contributed by atoms with E-state index in [0.717, 1.165) is 28.9 Å². The van der Waals surface area contributed by atoms with Crippen LogP contribution < -0.4 is 0 Å². The molecule has 0 aliphatic heterocycles. The first-order chi connectivity index (χ1) is 9.56. The summed E-state index contributed by atoms with van der Waals surface area (Å²) >= 11 is 7.71. The molecule has 0 bridgehead atoms. The molecule has 2 aromatic rings. The van der Waals surface area contributed by atoms with Crippen LogP contribution in [0.3, 0.4) is 0 Å². The van der Waals surface area contributed by atoms with Gasteiger partial charge >= 0.3 is 0 Å². The summed E-state index contributed by atoms with van der Waals surface area (Å²) in [5.74, 6) is 1.05. The van der Waals surface area contributed by atoms with Crippen molar-refractivity contribution in [2.75, 3.05) is 26.4 Å². The molecule has 0 amide bonds. The van der Waals surface area contributed by atoms with Crippen molar-refractivity contribution in [3.8, 4) is 0 Å². The zero-order chi connectivity index (χ0) is 14.5. The van der Waals surface area contributed by atoms with Gasteiger partial charge in [-0.05, 0) is 31.8 Å². The summed E-state index contributed by atoms with van der Waals surface area (Å²) in [5.41, 5.74) is 2.47. The number of aromatic nitrogens is 2. The zero-order valence-corrected chi connectivity index (χ0v) is 13.7. The molecular weight excluding hydrogens is 290 g/mol. The van der Waals surface area contributed by atoms with Crippen LogP contribution in [0, 0.1) is 0 Å². The average Bonchev–Trinajstić information content (AvgIpc) is 2.74. The summed E-state index contributed by atoms with van der Waals surface area (Å²) in [6.07, 6.45) is 2.85. The number of nitrogens with zero attached hydrogens (tertiary/aromatic N) is 3. The van der Waals surface area contributed by atoms with Gasteiger partial charge in [-0.1, -0.05) is 35.5 Å². The van der Waals surface area contributed by atoms with Crippen molar-refractivity contribution in [1.29, 1.82) is 0 Å². The lowest BCUT2D eigenvalue weighted by Crippen LogP contribution is -2.15. The summed E-state index contributed by atoms with van der Waals surface area (Å²) in [5, 5.41) is 1.86. The number of thioether (sulfide) groups is 1. The molecule has 2 rings (SSSR count). The van der Waals surface area contributed by atoms with Crippen molar-refractivity contribution >= 4 is 23.4 Å². The third-order valence-corrected chi connectivity index (χ3v) is 4.39. The minimum absolute atomic E-state index is 0.777. The predicted molar refractivity (Wildman–Crippen MR) is 86.7 cm³/mol. The Labute approximate surface area is 130 Å². The molecule has 0 saturated heterocycles. The van der Waals surface area contributed by atoms with Crippen LogP contribution in [0.4, 0.5) is 0 Å². The third kappa shape index (κ3) is 4.27. The van der Waals surface area contributed by atoms with E-state index in [-0.39, 0.29) is 0 Å². The molecule has 0 unspecified atom stereocenters. The van der Waals surface area contributed by atoms with E-state index in [9.17, 15) is 0 Å². The van der Waals surface area contributed by atoms with Gasteiger partial charge in [0.1, 0.15) is 0 Å². The number of benzene rings is 1. The van der Waals surface area contributed by atoms with E-state index >= 15 is 0 Å². The maximum atomic E-state index is 5.91. The van der Waals surface area contributed by atoms with Crippen molar-refractivity contribution < 1.29 is 0 Å². The maximum Gasteiger partial charge on any atom is 0.167 e. The number of imidazole rings is 1. The smallest absolute Gasteiger partial charge is 0.167 e. The topological polar surface area (TPSA) is 21.1 Å². The molecule has 0 spiro atoms. The molecule has 1 aromatic heterocycles. The highest BCUT2D eigenvalue weighted by atomic mass is 35.5. The van der Waals surface area contributed by atoms with Crippen LogP contribution >= 0.6 is 23.4 Å². The molecule has 0 saturated carbocycles. The normalized spacial score (nSPS) is 11.2. The Morgan fingerprint density at radius 2 is 1.95 bits per heavy atom. The van der Waals surface area contributed by atoms with Crippen LogP contribution in [0.1, 0.15) is 11.3 Å². The van der Waals surface area contributed by atoms with Crippen molar-refractivity contribution in [3.05, 3.63) is 46.7 Å². The lowest BCUT2D eigenvalue weighted by atomic mass is 10.1. The van der Waals surface area contributed by atoms with E-state index in [1.54, 1.807) is 11.8 Å². The second-order valence-corrected chi connectivity index (χ2v) is 6.54. The predicted octanol–water partition coefficient (Wildman–Crippen LogP) is 3.32. The highest BCUT2D eigenvalue weighted by Gasteiger charge is 2.08. The Morgan fingerprint density at radius 3 is 2.60 bits per heavy atom. The Hall–Kier alpha value is -0.970. The van der Waals surface area contributed by atoms with Gasteiger partial charge in [-0.15, -0.1) is 0 Å². The lowest BCUT2D eigenvalue weighted by molar-refractivity contribution is 0.437. The SMILES string of the molecule is CN(C)CCSc1ncc(Cc2ccc(Cl)cc2)n1C. The molecule has 0 aliphatic rings. The minimum atomic E-state index is 0.777. The Morgan fingerprint density at radius 1 is 1.25 bits per heavy atom. The molecule has 1 aromatic carbocycles. The minimum Gasteiger partial charge on any atom is -0.326 e. The van der Waals surface area contributed by atoms with Gasteiger partial charge in [0.2, 0.25) is 0 Å². The van der Waals surface area contributed by atoms with Gasteiger partial charge in [0.25, 0.3) is 0 Å². The van der Waals surface area contributed by atoms with Gasteiger partial charge in [-0.25, -0.2) is 4.98 Å². The van der Waals surface area contributed by atoms with Gasteiger partial charge in [0.05, 0.1) is 0 Å². The maximum absolute atomic E-state index is 5.91. The van der Waals surface area contributed by atoms with Crippen LogP contribution in [0.15, 0.2) is 35.6 Å². The summed E-state index contributed by atoms with van der Waals surface area (Å²) in [7, 11) is 6.26. The molecule has 0 N–H and O–H groups in total. The van der Waals surface area contributed by atoms with Gasteiger partial charge in [-0.3, -0.25) is 0 Å². The number of halogens is 1. The fourth-order valence-electron chi connectivity index (χ4n) is 1.86. The highest BCUT2D eigenvalue weighted by molar-refractivity contribution is 7.99. The molecule has 5 heteroatoms. The molecule has 3 nitrogen and oxygen atoms in total. The second-order valence-electron chi connectivity index (χ2n) is 5.05. The fraction of sp³-hybridized carbons (Fsp3) is 0.400. The largest absolute Gasteiger partial charge is 0.326 e. The van der Waals surface area contributed by atoms with Crippen LogP contribution in [0.5, 0.6) is 0 Å². The van der Waals surface area contributed by atoms with Crippen molar-refractivity contribution in [1.82, 2.24) is 14.5 Å². The van der Waals surface area contributed by atoms with Crippen molar-refractivity contribution in [3.63, 3.8) is 0 Å². The standard InChI is InChI=1S/C15H20ClN3S/c1-18(2)8-9-20-15-17-11-14(19(15)3)10-12-4-6-13(16)7-5-12/h4-7,11H,8-10H2,1-3H3. The second kappa shape index (κ2) is 7.16. The molecule has 20 heavy (non-hydrogen) atoms. The van der Waals surface area contributed by atoms with E-state index in [1.807, 2.05) is 18.3 Å². The van der Waals surface area contributed by atoms with Crippen LogP contribution in [0.25, 0.3) is 0 Å². The third-order valence-electron chi connectivity index (χ3n) is 3.11. The molecular formula is C15H20ClN3S. The summed E-state index contributed by atoms with van der Waals surface area (Å²) in [4.78, 5) is 6.69. The van der Waals surface area contributed by atoms with E-state index in [4.69, 9.17) is 11.6 Å². The number of rotatable bonds is 6. The lowest BCUT2D eigenvalue weighted by Gasteiger charge is -2.09. The number of hydrogen-bond donors (Lipinski definition) is 0. The Kier molecular flexibility index (Phi) is 5.52. The first-order valence-corrected chi connectivity index (χ1v) is 7.95. The molecule has 0 atom stereocenters. The molecule has 0 radical (unpaired) electrons. The van der Waals surface area contributed by atoms with Gasteiger partial charge in [0.15, 0.2) is 5.16 Å². The molecule has 108 valence electrons. The van der Waals surface area contributed by atoms with Crippen molar-refractivity contribution in [2.24, 2.45) is 7.05 Å². The number of hydrogen-bond acceptors (Lipinski definition) is 3. The average molecular weight is 310 g/mol. The molecule has 0 aliphatic carbocycles. The summed E-state index contributed by atoms with van der Waals surface area (Å²) in [6, 6.07) is 7.99. The monoisotopic (exact) mass is 309 g/mol. The fourth-order valence-corrected chi connectivity index (χ4v) is 3.06. The van der Waals surface area contributed by atoms with E-state index in [2.05, 4.69) is 47.7 Å². The van der Waals surface area contributed by atoms with Crippen LogP contribution in [0.2, 0.25) is 5.02 Å². The van der Waals surface area contributed by atoms with Gasteiger partial charge < -0.3 is 9.47 Å². The Bertz CT molecular complexity index is 549. The summed E-state index contributed by atoms with van der Waals surface area (Å²) in [6.45, 7) is 1.06. The molecule has 1 heterocycles. The van der Waals surface area contributed by atoms with E-state index in [0.29, 0.717) is 0 Å². The highest BCUT2D eigenvalue weighted by Crippen LogP contribution is 2.19. The first-order valence-electron chi connectivity index (χ1n) is 6.59. The van der Waals surface area contributed by atoms with Crippen LogP contribution in [-0.2, 0) is 13.5 Å². The zero-order valence-electron chi connectivity index (χ0n) is 12.1. The van der Waals surface area contributed by atoms with E-state index < -0.39 is 0 Å². The summed E-state index contributed by atoms with van der Waals surface area (Å²) < 4.78 is 2.18.